The third-order valence-electron chi connectivity index (χ3n) is 12.1. The SMILES string of the molecule is CC(C)(C)OC(=O)N[C@@H]1CCN(C2C(F)CC3C(=O)C(C(=O)NCCCN4CCOCC4)=CN4C5CCC6CCCCC6C5OC2C34)C1. The number of amides is 2. The van der Waals surface area contributed by atoms with Crippen LogP contribution in [0.25, 0.3) is 0 Å². The molecule has 7 aliphatic rings. The lowest BCUT2D eigenvalue weighted by Gasteiger charge is -2.62. The van der Waals surface area contributed by atoms with Crippen LogP contribution in [0.2, 0.25) is 0 Å². The zero-order chi connectivity index (χ0) is 33.6. The fourth-order valence-electron chi connectivity index (χ4n) is 10.0. The summed E-state index contributed by atoms with van der Waals surface area (Å²) in [7, 11) is 0. The maximum atomic E-state index is 16.6. The number of ether oxygens (including phenoxy) is 3. The Morgan fingerprint density at radius 3 is 2.60 bits per heavy atom. The summed E-state index contributed by atoms with van der Waals surface area (Å²) < 4.78 is 34.7. The number of ketones is 1. The molecule has 3 aliphatic carbocycles. The van der Waals surface area contributed by atoms with Crippen LogP contribution in [0.4, 0.5) is 9.18 Å². The number of Topliss-reactive ketones (excluding diaryl/α,β-unsaturated/α-hetero) is 1. The second-order valence-electron chi connectivity index (χ2n) is 16.3. The summed E-state index contributed by atoms with van der Waals surface area (Å²) in [6.07, 6.45) is 7.89. The first-order valence-electron chi connectivity index (χ1n) is 18.7. The van der Waals surface area contributed by atoms with E-state index in [2.05, 4.69) is 25.3 Å². The lowest BCUT2D eigenvalue weighted by molar-refractivity contribution is -0.231. The lowest BCUT2D eigenvalue weighted by atomic mass is 9.64. The first-order chi connectivity index (χ1) is 23.1. The molecule has 3 saturated heterocycles. The number of morpholine rings is 2. The minimum atomic E-state index is -1.29. The number of carbonyl (C=O) groups is 3. The fraction of sp³-hybridized carbons (Fsp3) is 0.861. The Morgan fingerprint density at radius 1 is 1.02 bits per heavy atom. The molecule has 0 aromatic heterocycles. The molecule has 48 heavy (non-hydrogen) atoms. The number of rotatable bonds is 7. The van der Waals surface area contributed by atoms with Gasteiger partial charge in [-0.1, -0.05) is 19.3 Å². The summed E-state index contributed by atoms with van der Waals surface area (Å²) in [6, 6.07) is -0.921. The number of carbonyl (C=O) groups excluding carboxylic acids is 3. The topological polar surface area (TPSA) is 113 Å². The van der Waals surface area contributed by atoms with Gasteiger partial charge >= 0.3 is 6.09 Å². The number of hydrogen-bond donors (Lipinski definition) is 2. The van der Waals surface area contributed by atoms with Gasteiger partial charge in [0.15, 0.2) is 5.78 Å². The van der Waals surface area contributed by atoms with E-state index in [9.17, 15) is 14.4 Å². The molecule has 11 nitrogen and oxygen atoms in total. The van der Waals surface area contributed by atoms with Gasteiger partial charge in [-0.05, 0) is 77.7 Å². The standard InChI is InChI=1S/C36H56FN5O6/c1-36(2,3)48-35(45)39-23-11-14-41(20-23)30-27(37)19-25-29-33(30)47-32-24-8-5-4-7-22(24)9-10-28(32)42(29)21-26(31(25)43)34(44)38-12-6-13-40-15-17-46-18-16-40/h21-25,27-30,32-33H,4-20H2,1-3H3,(H,38,44)(H,39,45)/t22?,23-,24?,25?,27?,28?,29?,30?,32?,33?/m1/s1. The van der Waals surface area contributed by atoms with Crippen LogP contribution in [-0.2, 0) is 23.8 Å². The van der Waals surface area contributed by atoms with E-state index in [1.54, 1.807) is 0 Å². The van der Waals surface area contributed by atoms with Gasteiger partial charge in [-0.3, -0.25) is 19.4 Å². The van der Waals surface area contributed by atoms with Crippen molar-refractivity contribution in [3.05, 3.63) is 11.8 Å². The van der Waals surface area contributed by atoms with Crippen LogP contribution in [0, 0.1) is 17.8 Å². The quantitative estimate of drug-likeness (QED) is 0.311. The molecule has 10 atom stereocenters. The molecule has 7 rings (SSSR count). The zero-order valence-electron chi connectivity index (χ0n) is 29.0. The van der Waals surface area contributed by atoms with Crippen LogP contribution < -0.4 is 10.6 Å². The van der Waals surface area contributed by atoms with Crippen molar-refractivity contribution in [3.63, 3.8) is 0 Å². The van der Waals surface area contributed by atoms with Crippen LogP contribution in [0.5, 0.6) is 0 Å². The van der Waals surface area contributed by atoms with Crippen molar-refractivity contribution in [2.45, 2.75) is 127 Å². The Bertz CT molecular complexity index is 1240. The summed E-state index contributed by atoms with van der Waals surface area (Å²) >= 11 is 0. The first kappa shape index (κ1) is 34.2. The van der Waals surface area contributed by atoms with Crippen LogP contribution in [0.1, 0.15) is 78.6 Å². The molecule has 12 heteroatoms. The third-order valence-corrected chi connectivity index (χ3v) is 12.1. The highest BCUT2D eigenvalue weighted by Gasteiger charge is 2.61. The van der Waals surface area contributed by atoms with Crippen molar-refractivity contribution in [2.24, 2.45) is 17.8 Å². The van der Waals surface area contributed by atoms with Crippen molar-refractivity contribution in [1.82, 2.24) is 25.3 Å². The Morgan fingerprint density at radius 2 is 1.81 bits per heavy atom. The van der Waals surface area contributed by atoms with E-state index in [4.69, 9.17) is 14.2 Å². The van der Waals surface area contributed by atoms with Crippen molar-refractivity contribution in [1.29, 1.82) is 0 Å². The minimum Gasteiger partial charge on any atom is -0.444 e. The molecule has 0 aromatic rings. The monoisotopic (exact) mass is 673 g/mol. The molecular weight excluding hydrogens is 617 g/mol. The molecule has 3 saturated carbocycles. The van der Waals surface area contributed by atoms with E-state index >= 15 is 4.39 Å². The number of hydrogen-bond acceptors (Lipinski definition) is 9. The Kier molecular flexibility index (Phi) is 10.1. The lowest BCUT2D eigenvalue weighted by Crippen LogP contribution is -2.74. The fourth-order valence-corrected chi connectivity index (χ4v) is 10.0. The Hall–Kier alpha value is -2.28. The Labute approximate surface area is 284 Å². The van der Waals surface area contributed by atoms with E-state index in [1.165, 1.54) is 19.3 Å². The van der Waals surface area contributed by atoms with Crippen LogP contribution in [0.15, 0.2) is 11.8 Å². The van der Waals surface area contributed by atoms with Crippen LogP contribution in [0.3, 0.4) is 0 Å². The van der Waals surface area contributed by atoms with Crippen LogP contribution >= 0.6 is 0 Å². The predicted octanol–water partition coefficient (Wildman–Crippen LogP) is 3.02. The highest BCUT2D eigenvalue weighted by molar-refractivity contribution is 6.20. The molecule has 0 radical (unpaired) electrons. The van der Waals surface area contributed by atoms with Crippen LogP contribution in [-0.4, -0.2) is 133 Å². The number of alkyl carbamates (subject to hydrolysis) is 1. The first-order valence-corrected chi connectivity index (χ1v) is 18.7. The molecule has 4 heterocycles. The van der Waals surface area contributed by atoms with E-state index in [-0.39, 0.29) is 47.9 Å². The highest BCUT2D eigenvalue weighted by Crippen LogP contribution is 2.51. The molecule has 268 valence electrons. The maximum Gasteiger partial charge on any atom is 0.407 e. The number of nitrogens with one attached hydrogen (secondary N) is 2. The molecule has 6 fully saturated rings. The molecule has 0 aromatic carbocycles. The number of halogens is 1. The zero-order valence-corrected chi connectivity index (χ0v) is 29.0. The van der Waals surface area contributed by atoms with Gasteiger partial charge in [0, 0.05) is 50.9 Å². The summed E-state index contributed by atoms with van der Waals surface area (Å²) in [4.78, 5) is 47.0. The summed E-state index contributed by atoms with van der Waals surface area (Å²) in [5.74, 6) is -0.230. The van der Waals surface area contributed by atoms with Gasteiger partial charge in [-0.25, -0.2) is 9.18 Å². The molecule has 2 amide bonds. The number of nitrogens with zero attached hydrogens (tertiary/aromatic N) is 3. The van der Waals surface area contributed by atoms with E-state index in [1.807, 2.05) is 27.0 Å². The average Bonchev–Trinajstić information content (AvgIpc) is 3.51. The molecule has 0 bridgehead atoms. The average molecular weight is 674 g/mol. The molecule has 0 spiro atoms. The number of likely N-dealkylation sites (tertiary alicyclic amines) is 1. The maximum absolute atomic E-state index is 16.6. The third kappa shape index (κ3) is 7.01. The molecule has 4 aliphatic heterocycles. The second-order valence-corrected chi connectivity index (χ2v) is 16.3. The molecular formula is C36H56FN5O6. The van der Waals surface area contributed by atoms with E-state index in [0.29, 0.717) is 37.9 Å². The molecule has 9 unspecified atom stereocenters. The van der Waals surface area contributed by atoms with Crippen molar-refractivity contribution in [2.75, 3.05) is 52.5 Å². The largest absolute Gasteiger partial charge is 0.444 e. The van der Waals surface area contributed by atoms with E-state index < -0.39 is 35.9 Å². The van der Waals surface area contributed by atoms with Crippen molar-refractivity contribution >= 4 is 17.8 Å². The minimum absolute atomic E-state index is 0.0562. The van der Waals surface area contributed by atoms with Gasteiger partial charge in [0.2, 0.25) is 0 Å². The van der Waals surface area contributed by atoms with Gasteiger partial charge in [-0.2, -0.15) is 0 Å². The Balaban J connectivity index is 1.10. The summed E-state index contributed by atoms with van der Waals surface area (Å²) in [5.41, 5.74) is -0.432. The highest BCUT2D eigenvalue weighted by atomic mass is 19.1. The summed E-state index contributed by atoms with van der Waals surface area (Å²) in [6.45, 7) is 11.3. The van der Waals surface area contributed by atoms with Crippen molar-refractivity contribution in [3.8, 4) is 0 Å². The normalized spacial score (nSPS) is 38.7. The van der Waals surface area contributed by atoms with Gasteiger partial charge < -0.3 is 29.7 Å². The van der Waals surface area contributed by atoms with E-state index in [0.717, 1.165) is 58.5 Å². The number of fused-ring (bicyclic) bond motifs is 4. The summed E-state index contributed by atoms with van der Waals surface area (Å²) in [5, 5.41) is 6.00. The second kappa shape index (κ2) is 14.2. The van der Waals surface area contributed by atoms with Crippen molar-refractivity contribution < 1.29 is 33.0 Å². The van der Waals surface area contributed by atoms with Gasteiger partial charge in [0.05, 0.1) is 49.1 Å². The van der Waals surface area contributed by atoms with Gasteiger partial charge in [0.25, 0.3) is 5.91 Å². The molecule has 2 N–H and O–H groups in total. The smallest absolute Gasteiger partial charge is 0.407 e. The predicted molar refractivity (Wildman–Crippen MR) is 177 cm³/mol. The van der Waals surface area contributed by atoms with Gasteiger partial charge in [-0.15, -0.1) is 0 Å². The van der Waals surface area contributed by atoms with Gasteiger partial charge in [0.1, 0.15) is 11.8 Å². The number of alkyl halides is 1.